The second-order valence-electron chi connectivity index (χ2n) is 6.94. The highest BCUT2D eigenvalue weighted by molar-refractivity contribution is 5.92. The predicted octanol–water partition coefficient (Wildman–Crippen LogP) is 2.10. The van der Waals surface area contributed by atoms with Crippen molar-refractivity contribution in [2.75, 3.05) is 19.0 Å². The molecule has 3 rings (SSSR count). The predicted molar refractivity (Wildman–Crippen MR) is 102 cm³/mol. The molecule has 27 heavy (non-hydrogen) atoms. The van der Waals surface area contributed by atoms with Gasteiger partial charge in [-0.3, -0.25) is 14.9 Å². The monoisotopic (exact) mass is 370 g/mol. The summed E-state index contributed by atoms with van der Waals surface area (Å²) in [5.74, 6) is 0.680. The molecule has 0 heterocycles. The largest absolute Gasteiger partial charge is 0.497 e. The van der Waals surface area contributed by atoms with Crippen molar-refractivity contribution in [1.29, 1.82) is 0 Å². The second kappa shape index (κ2) is 8.18. The number of amides is 1. The number of rotatable bonds is 8. The van der Waals surface area contributed by atoms with Crippen molar-refractivity contribution in [3.8, 4) is 5.75 Å². The van der Waals surface area contributed by atoms with Gasteiger partial charge in [0.05, 0.1) is 23.8 Å². The third kappa shape index (κ3) is 5.04. The van der Waals surface area contributed by atoms with Crippen molar-refractivity contribution in [3.05, 3.63) is 63.7 Å². The van der Waals surface area contributed by atoms with Crippen molar-refractivity contribution in [3.63, 3.8) is 0 Å². The van der Waals surface area contributed by atoms with Crippen LogP contribution in [0.4, 0.5) is 11.4 Å². The summed E-state index contributed by atoms with van der Waals surface area (Å²) in [5, 5.41) is 13.8. The van der Waals surface area contributed by atoms with Crippen LogP contribution in [0.2, 0.25) is 0 Å². The number of aryl methyl sites for hydroxylation is 1. The lowest BCUT2D eigenvalue weighted by molar-refractivity contribution is -0.916. The number of methoxy groups -OCH3 is 1. The minimum absolute atomic E-state index is 0.0273. The maximum absolute atomic E-state index is 12.6. The number of nitrogens with zero attached hydrogens (tertiary/aromatic N) is 1. The van der Waals surface area contributed by atoms with E-state index in [1.807, 2.05) is 31.2 Å². The van der Waals surface area contributed by atoms with E-state index in [0.29, 0.717) is 18.3 Å². The summed E-state index contributed by atoms with van der Waals surface area (Å²) in [4.78, 5) is 24.3. The SMILES string of the molecule is COc1ccc(C[NH+](CC(=O)Nc2cc([N+](=O)[O-])ccc2C)C2CC2)cc1. The zero-order chi connectivity index (χ0) is 19.4. The van der Waals surface area contributed by atoms with E-state index in [9.17, 15) is 14.9 Å². The molecule has 0 radical (unpaired) electrons. The van der Waals surface area contributed by atoms with Gasteiger partial charge in [0.25, 0.3) is 11.6 Å². The first-order valence-electron chi connectivity index (χ1n) is 8.98. The minimum Gasteiger partial charge on any atom is -0.497 e. The number of hydrogen-bond donors (Lipinski definition) is 2. The lowest BCUT2D eigenvalue weighted by atomic mass is 10.1. The van der Waals surface area contributed by atoms with E-state index < -0.39 is 4.92 Å². The van der Waals surface area contributed by atoms with Gasteiger partial charge in [-0.1, -0.05) is 6.07 Å². The molecule has 1 amide bonds. The molecule has 2 aromatic carbocycles. The van der Waals surface area contributed by atoms with Gasteiger partial charge in [0.2, 0.25) is 0 Å². The fraction of sp³-hybridized carbons (Fsp3) is 0.350. The van der Waals surface area contributed by atoms with Crippen LogP contribution in [0.25, 0.3) is 0 Å². The van der Waals surface area contributed by atoms with Gasteiger partial charge in [-0.25, -0.2) is 0 Å². The molecule has 1 unspecified atom stereocenters. The molecule has 1 aliphatic rings. The number of carbonyl (C=O) groups is 1. The smallest absolute Gasteiger partial charge is 0.279 e. The second-order valence-corrected chi connectivity index (χ2v) is 6.94. The fourth-order valence-corrected chi connectivity index (χ4v) is 3.11. The molecule has 142 valence electrons. The van der Waals surface area contributed by atoms with Crippen molar-refractivity contribution in [1.82, 2.24) is 0 Å². The van der Waals surface area contributed by atoms with E-state index in [1.165, 1.54) is 17.0 Å². The van der Waals surface area contributed by atoms with Gasteiger partial charge in [-0.2, -0.15) is 0 Å². The van der Waals surface area contributed by atoms with Crippen LogP contribution in [0.5, 0.6) is 5.75 Å². The Morgan fingerprint density at radius 1 is 1.26 bits per heavy atom. The average molecular weight is 370 g/mol. The molecule has 2 aromatic rings. The van der Waals surface area contributed by atoms with Crippen LogP contribution in [0.15, 0.2) is 42.5 Å². The Morgan fingerprint density at radius 3 is 2.56 bits per heavy atom. The van der Waals surface area contributed by atoms with Gasteiger partial charge in [0.15, 0.2) is 6.54 Å². The molecule has 1 fully saturated rings. The van der Waals surface area contributed by atoms with Crippen LogP contribution in [0, 0.1) is 17.0 Å². The number of nitro benzene ring substituents is 1. The van der Waals surface area contributed by atoms with E-state index in [1.54, 1.807) is 13.2 Å². The first kappa shape index (κ1) is 18.8. The summed E-state index contributed by atoms with van der Waals surface area (Å²) < 4.78 is 5.18. The van der Waals surface area contributed by atoms with E-state index >= 15 is 0 Å². The summed E-state index contributed by atoms with van der Waals surface area (Å²) >= 11 is 0. The van der Waals surface area contributed by atoms with E-state index in [-0.39, 0.29) is 11.6 Å². The topological polar surface area (TPSA) is 85.9 Å². The van der Waals surface area contributed by atoms with Crippen LogP contribution in [0.1, 0.15) is 24.0 Å². The van der Waals surface area contributed by atoms with Gasteiger partial charge in [0.1, 0.15) is 12.3 Å². The average Bonchev–Trinajstić information content (AvgIpc) is 3.48. The lowest BCUT2D eigenvalue weighted by Gasteiger charge is -2.19. The van der Waals surface area contributed by atoms with E-state index in [0.717, 1.165) is 36.3 Å². The molecule has 1 saturated carbocycles. The molecule has 0 bridgehead atoms. The van der Waals surface area contributed by atoms with Crippen LogP contribution in [-0.4, -0.2) is 30.5 Å². The number of anilines is 1. The Morgan fingerprint density at radius 2 is 1.96 bits per heavy atom. The Balaban J connectivity index is 1.65. The molecule has 0 aromatic heterocycles. The molecule has 2 N–H and O–H groups in total. The Labute approximate surface area is 158 Å². The number of quaternary nitrogens is 1. The number of non-ortho nitro benzene ring substituents is 1. The standard InChI is InChI=1S/C20H23N3O4/c1-14-3-6-17(23(25)26)11-19(14)21-20(24)13-22(16-7-8-16)12-15-4-9-18(27-2)10-5-15/h3-6,9-11,16H,7-8,12-13H2,1-2H3,(H,21,24)/p+1. The maximum atomic E-state index is 12.6. The molecule has 0 spiro atoms. The molecule has 7 heteroatoms. The van der Waals surface area contributed by atoms with Crippen LogP contribution in [-0.2, 0) is 11.3 Å². The van der Waals surface area contributed by atoms with Crippen LogP contribution >= 0.6 is 0 Å². The number of hydrogen-bond acceptors (Lipinski definition) is 4. The highest BCUT2D eigenvalue weighted by Crippen LogP contribution is 2.22. The summed E-state index contributed by atoms with van der Waals surface area (Å²) in [5.41, 5.74) is 2.42. The van der Waals surface area contributed by atoms with Gasteiger partial charge in [-0.15, -0.1) is 0 Å². The molecule has 1 aliphatic carbocycles. The number of nitro groups is 1. The van der Waals surface area contributed by atoms with Gasteiger partial charge in [0, 0.05) is 30.5 Å². The molecular formula is C20H24N3O4+. The molecule has 0 saturated heterocycles. The summed E-state index contributed by atoms with van der Waals surface area (Å²) in [7, 11) is 1.64. The first-order chi connectivity index (χ1) is 13.0. The fourth-order valence-electron chi connectivity index (χ4n) is 3.11. The van der Waals surface area contributed by atoms with Crippen molar-refractivity contribution >= 4 is 17.3 Å². The third-order valence-electron chi connectivity index (χ3n) is 4.84. The van der Waals surface area contributed by atoms with Gasteiger partial charge >= 0.3 is 0 Å². The Hall–Kier alpha value is -2.93. The highest BCUT2D eigenvalue weighted by atomic mass is 16.6. The third-order valence-corrected chi connectivity index (χ3v) is 4.84. The number of nitrogens with one attached hydrogen (secondary N) is 2. The zero-order valence-electron chi connectivity index (χ0n) is 15.5. The van der Waals surface area contributed by atoms with Crippen LogP contribution < -0.4 is 15.0 Å². The molecule has 0 aliphatic heterocycles. The zero-order valence-corrected chi connectivity index (χ0v) is 15.5. The normalized spacial score (nSPS) is 14.4. The molecule has 7 nitrogen and oxygen atoms in total. The quantitative estimate of drug-likeness (QED) is 0.550. The number of benzene rings is 2. The summed E-state index contributed by atoms with van der Waals surface area (Å²) in [6, 6.07) is 12.9. The molecular weight excluding hydrogens is 346 g/mol. The number of ether oxygens (including phenoxy) is 1. The van der Waals surface area contributed by atoms with E-state index in [2.05, 4.69) is 5.32 Å². The maximum Gasteiger partial charge on any atom is 0.279 e. The highest BCUT2D eigenvalue weighted by Gasteiger charge is 2.34. The van der Waals surface area contributed by atoms with Crippen LogP contribution in [0.3, 0.4) is 0 Å². The van der Waals surface area contributed by atoms with Gasteiger partial charge in [-0.05, 0) is 36.8 Å². The minimum atomic E-state index is -0.458. The van der Waals surface area contributed by atoms with E-state index in [4.69, 9.17) is 4.74 Å². The molecule has 1 atom stereocenters. The summed E-state index contributed by atoms with van der Waals surface area (Å²) in [6.07, 6.45) is 2.24. The Kier molecular flexibility index (Phi) is 5.71. The lowest BCUT2D eigenvalue weighted by Crippen LogP contribution is -3.13. The van der Waals surface area contributed by atoms with Crippen molar-refractivity contribution < 1.29 is 19.4 Å². The number of carbonyl (C=O) groups excluding carboxylic acids is 1. The van der Waals surface area contributed by atoms with Crippen molar-refractivity contribution in [2.24, 2.45) is 0 Å². The Bertz CT molecular complexity index is 832. The first-order valence-corrected chi connectivity index (χ1v) is 8.98. The van der Waals surface area contributed by atoms with Crippen molar-refractivity contribution in [2.45, 2.75) is 32.4 Å². The summed E-state index contributed by atoms with van der Waals surface area (Å²) in [6.45, 7) is 2.91. The van der Waals surface area contributed by atoms with Gasteiger partial charge < -0.3 is 15.0 Å².